The number of hydrogen-bond donors (Lipinski definition) is 2. The van der Waals surface area contributed by atoms with Gasteiger partial charge >= 0.3 is 0 Å². The summed E-state index contributed by atoms with van der Waals surface area (Å²) in [6.07, 6.45) is -0.890. The maximum absolute atomic E-state index is 10.2. The van der Waals surface area contributed by atoms with E-state index in [0.29, 0.717) is 0 Å². The van der Waals surface area contributed by atoms with E-state index in [1.807, 2.05) is 66.7 Å². The Morgan fingerprint density at radius 1 is 0.682 bits per heavy atom. The maximum atomic E-state index is 10.2. The minimum absolute atomic E-state index is 0.294. The Balaban J connectivity index is 2.27. The van der Waals surface area contributed by atoms with Crippen LogP contribution in [-0.2, 0) is 0 Å². The second-order valence-electron chi connectivity index (χ2n) is 5.20. The average Bonchev–Trinajstić information content (AvgIpc) is 2.62. The van der Waals surface area contributed by atoms with E-state index in [0.717, 1.165) is 27.8 Å². The van der Waals surface area contributed by atoms with Crippen LogP contribution in [0.1, 0.15) is 11.7 Å². The van der Waals surface area contributed by atoms with Crippen molar-refractivity contribution in [2.45, 2.75) is 6.10 Å². The summed E-state index contributed by atoms with van der Waals surface area (Å²) in [5, 5.41) is 19.6. The predicted molar refractivity (Wildman–Crippen MR) is 89.4 cm³/mol. The molecule has 2 heteroatoms. The lowest BCUT2D eigenvalue weighted by molar-refractivity contribution is 0.0960. The average molecular weight is 290 g/mol. The molecule has 22 heavy (non-hydrogen) atoms. The Morgan fingerprint density at radius 2 is 1.27 bits per heavy atom. The van der Waals surface area contributed by atoms with E-state index in [1.165, 1.54) is 0 Å². The van der Waals surface area contributed by atoms with E-state index in [2.05, 4.69) is 12.1 Å². The maximum Gasteiger partial charge on any atom is 0.103 e. The molecule has 0 radical (unpaired) electrons. The van der Waals surface area contributed by atoms with Crippen LogP contribution in [-0.4, -0.2) is 16.8 Å². The highest BCUT2D eigenvalue weighted by molar-refractivity contribution is 5.86. The molecular weight excluding hydrogens is 272 g/mol. The Bertz CT molecular complexity index is 736. The second-order valence-corrected chi connectivity index (χ2v) is 5.20. The third-order valence-corrected chi connectivity index (χ3v) is 3.78. The molecule has 3 aromatic rings. The van der Waals surface area contributed by atoms with E-state index >= 15 is 0 Å². The molecule has 110 valence electrons. The zero-order valence-corrected chi connectivity index (χ0v) is 12.2. The van der Waals surface area contributed by atoms with Crippen LogP contribution in [0.3, 0.4) is 0 Å². The highest BCUT2D eigenvalue weighted by atomic mass is 16.3. The molecule has 0 aromatic heterocycles. The van der Waals surface area contributed by atoms with Crippen LogP contribution in [0.25, 0.3) is 22.3 Å². The number of benzene rings is 3. The monoisotopic (exact) mass is 290 g/mol. The van der Waals surface area contributed by atoms with Gasteiger partial charge in [0.15, 0.2) is 0 Å². The molecule has 0 spiro atoms. The highest BCUT2D eigenvalue weighted by Crippen LogP contribution is 2.37. The molecule has 0 aliphatic carbocycles. The first kappa shape index (κ1) is 14.5. The molecule has 2 nitrogen and oxygen atoms in total. The van der Waals surface area contributed by atoms with Crippen molar-refractivity contribution in [2.24, 2.45) is 0 Å². The lowest BCUT2D eigenvalue weighted by Gasteiger charge is -2.18. The van der Waals surface area contributed by atoms with Gasteiger partial charge in [0, 0.05) is 0 Å². The SMILES string of the molecule is OCC(O)c1cccc(-c2ccccc2)c1-c1ccccc1. The minimum Gasteiger partial charge on any atom is -0.393 e. The standard InChI is InChI=1S/C20H18O2/c21-14-19(22)18-13-7-12-17(15-8-3-1-4-9-15)20(18)16-10-5-2-6-11-16/h1-13,19,21-22H,14H2. The molecule has 0 bridgehead atoms. The van der Waals surface area contributed by atoms with Crippen LogP contribution in [0.4, 0.5) is 0 Å². The molecule has 0 saturated carbocycles. The smallest absolute Gasteiger partial charge is 0.103 e. The topological polar surface area (TPSA) is 40.5 Å². The van der Waals surface area contributed by atoms with Crippen molar-refractivity contribution in [3.05, 3.63) is 84.4 Å². The van der Waals surface area contributed by atoms with Crippen LogP contribution in [0, 0.1) is 0 Å². The largest absolute Gasteiger partial charge is 0.393 e. The Labute approximate surface area is 130 Å². The molecule has 0 amide bonds. The number of aliphatic hydroxyl groups is 2. The summed E-state index contributed by atoms with van der Waals surface area (Å²) >= 11 is 0. The Kier molecular flexibility index (Phi) is 4.33. The van der Waals surface area contributed by atoms with Crippen molar-refractivity contribution in [2.75, 3.05) is 6.61 Å². The van der Waals surface area contributed by atoms with Gasteiger partial charge in [-0.3, -0.25) is 0 Å². The van der Waals surface area contributed by atoms with Gasteiger partial charge in [-0.1, -0.05) is 78.9 Å². The summed E-state index contributed by atoms with van der Waals surface area (Å²) in [5.41, 5.74) is 4.89. The number of aliphatic hydroxyl groups excluding tert-OH is 2. The second kappa shape index (κ2) is 6.56. The summed E-state index contributed by atoms with van der Waals surface area (Å²) in [5.74, 6) is 0. The van der Waals surface area contributed by atoms with Gasteiger partial charge in [0.1, 0.15) is 6.10 Å². The van der Waals surface area contributed by atoms with E-state index in [9.17, 15) is 10.2 Å². The molecule has 0 aliphatic rings. The fraction of sp³-hybridized carbons (Fsp3) is 0.100. The van der Waals surface area contributed by atoms with Gasteiger partial charge in [0.25, 0.3) is 0 Å². The molecule has 1 unspecified atom stereocenters. The van der Waals surface area contributed by atoms with Gasteiger partial charge in [0.05, 0.1) is 6.61 Å². The first-order valence-electron chi connectivity index (χ1n) is 7.34. The molecule has 1 atom stereocenters. The van der Waals surface area contributed by atoms with Crippen LogP contribution >= 0.6 is 0 Å². The van der Waals surface area contributed by atoms with Gasteiger partial charge < -0.3 is 10.2 Å². The van der Waals surface area contributed by atoms with E-state index in [4.69, 9.17) is 0 Å². The summed E-state index contributed by atoms with van der Waals surface area (Å²) in [6, 6.07) is 25.9. The number of hydrogen-bond acceptors (Lipinski definition) is 2. The van der Waals surface area contributed by atoms with Gasteiger partial charge in [0.2, 0.25) is 0 Å². The lowest BCUT2D eigenvalue weighted by atomic mass is 9.88. The first-order valence-corrected chi connectivity index (χ1v) is 7.34. The van der Waals surface area contributed by atoms with E-state index in [1.54, 1.807) is 0 Å². The van der Waals surface area contributed by atoms with Crippen molar-refractivity contribution >= 4 is 0 Å². The molecule has 3 aromatic carbocycles. The molecule has 2 N–H and O–H groups in total. The van der Waals surface area contributed by atoms with Gasteiger partial charge in [-0.05, 0) is 27.8 Å². The van der Waals surface area contributed by atoms with Crippen LogP contribution < -0.4 is 0 Å². The first-order chi connectivity index (χ1) is 10.8. The Hall–Kier alpha value is -2.42. The molecule has 3 rings (SSSR count). The van der Waals surface area contributed by atoms with Crippen molar-refractivity contribution in [3.8, 4) is 22.3 Å². The fourth-order valence-corrected chi connectivity index (χ4v) is 2.73. The fourth-order valence-electron chi connectivity index (χ4n) is 2.73. The Morgan fingerprint density at radius 3 is 1.86 bits per heavy atom. The molecular formula is C20H18O2. The third kappa shape index (κ3) is 2.80. The van der Waals surface area contributed by atoms with E-state index in [-0.39, 0.29) is 6.61 Å². The van der Waals surface area contributed by atoms with Crippen LogP contribution in [0.15, 0.2) is 78.9 Å². The molecule has 0 saturated heterocycles. The minimum atomic E-state index is -0.890. The molecule has 0 fully saturated rings. The van der Waals surface area contributed by atoms with E-state index < -0.39 is 6.10 Å². The molecule has 0 aliphatic heterocycles. The summed E-state index contributed by atoms with van der Waals surface area (Å²) < 4.78 is 0. The van der Waals surface area contributed by atoms with Crippen LogP contribution in [0.2, 0.25) is 0 Å². The zero-order chi connectivity index (χ0) is 15.4. The number of rotatable bonds is 4. The van der Waals surface area contributed by atoms with Gasteiger partial charge in [-0.2, -0.15) is 0 Å². The normalized spacial score (nSPS) is 12.1. The summed E-state index contributed by atoms with van der Waals surface area (Å²) in [4.78, 5) is 0. The van der Waals surface area contributed by atoms with Gasteiger partial charge in [-0.15, -0.1) is 0 Å². The van der Waals surface area contributed by atoms with Crippen molar-refractivity contribution in [3.63, 3.8) is 0 Å². The van der Waals surface area contributed by atoms with Crippen molar-refractivity contribution in [1.29, 1.82) is 0 Å². The van der Waals surface area contributed by atoms with Crippen LogP contribution in [0.5, 0.6) is 0 Å². The summed E-state index contributed by atoms with van der Waals surface area (Å²) in [6.45, 7) is -0.294. The third-order valence-electron chi connectivity index (χ3n) is 3.78. The quantitative estimate of drug-likeness (QED) is 0.761. The highest BCUT2D eigenvalue weighted by Gasteiger charge is 2.17. The predicted octanol–water partition coefficient (Wildman–Crippen LogP) is 4.05. The summed E-state index contributed by atoms with van der Waals surface area (Å²) in [7, 11) is 0. The van der Waals surface area contributed by atoms with Crippen molar-refractivity contribution < 1.29 is 10.2 Å². The van der Waals surface area contributed by atoms with Gasteiger partial charge in [-0.25, -0.2) is 0 Å². The lowest BCUT2D eigenvalue weighted by Crippen LogP contribution is -2.05. The van der Waals surface area contributed by atoms with Crippen molar-refractivity contribution in [1.82, 2.24) is 0 Å². The zero-order valence-electron chi connectivity index (χ0n) is 12.2. The molecule has 0 heterocycles.